The normalized spacial score (nSPS) is 21.5. The van der Waals surface area contributed by atoms with Crippen molar-refractivity contribution in [3.05, 3.63) is 59.7 Å². The zero-order valence-corrected chi connectivity index (χ0v) is 20.4. The van der Waals surface area contributed by atoms with E-state index in [9.17, 15) is 18.0 Å². The molecule has 33 heavy (non-hydrogen) atoms. The predicted octanol–water partition coefficient (Wildman–Crippen LogP) is 3.22. The average molecular weight is 470 g/mol. The monoisotopic (exact) mass is 469 g/mol. The number of anilines is 1. The first-order valence-corrected chi connectivity index (χ1v) is 12.8. The SMILES string of the molecule is C[C@H](NC(=O)[C@@H]1CCCN(S(=O)(=O)c2ccc3c(c2)C(C)(C)C(=O)N3C)C1)c1ccccc1. The molecule has 0 saturated carbocycles. The highest BCUT2D eigenvalue weighted by molar-refractivity contribution is 7.89. The average Bonchev–Trinajstić information content (AvgIpc) is 2.99. The summed E-state index contributed by atoms with van der Waals surface area (Å²) in [5.74, 6) is -0.596. The molecule has 1 saturated heterocycles. The molecule has 1 N–H and O–H groups in total. The Morgan fingerprint density at radius 3 is 2.55 bits per heavy atom. The number of piperidine rings is 1. The minimum absolute atomic E-state index is 0.0608. The van der Waals surface area contributed by atoms with Crippen LogP contribution in [-0.2, 0) is 25.0 Å². The van der Waals surface area contributed by atoms with Crippen LogP contribution >= 0.6 is 0 Å². The lowest BCUT2D eigenvalue weighted by Crippen LogP contribution is -2.45. The second-order valence-corrected chi connectivity index (χ2v) is 11.4. The molecule has 0 aromatic heterocycles. The molecular weight excluding hydrogens is 438 g/mol. The summed E-state index contributed by atoms with van der Waals surface area (Å²) in [5, 5.41) is 3.03. The number of carbonyl (C=O) groups is 2. The van der Waals surface area contributed by atoms with E-state index < -0.39 is 21.4 Å². The van der Waals surface area contributed by atoms with Gasteiger partial charge in [0.05, 0.1) is 22.3 Å². The Morgan fingerprint density at radius 1 is 1.15 bits per heavy atom. The zero-order chi connectivity index (χ0) is 24.0. The molecule has 2 atom stereocenters. The summed E-state index contributed by atoms with van der Waals surface area (Å²) in [6, 6.07) is 14.4. The number of hydrogen-bond acceptors (Lipinski definition) is 4. The van der Waals surface area contributed by atoms with Gasteiger partial charge in [-0.1, -0.05) is 30.3 Å². The maximum absolute atomic E-state index is 13.5. The highest BCUT2D eigenvalue weighted by Crippen LogP contribution is 2.42. The molecule has 2 aliphatic heterocycles. The summed E-state index contributed by atoms with van der Waals surface area (Å²) < 4.78 is 28.3. The van der Waals surface area contributed by atoms with Gasteiger partial charge in [0.1, 0.15) is 0 Å². The summed E-state index contributed by atoms with van der Waals surface area (Å²) in [5.41, 5.74) is 1.66. The van der Waals surface area contributed by atoms with E-state index in [1.54, 1.807) is 30.1 Å². The van der Waals surface area contributed by atoms with Gasteiger partial charge in [-0.15, -0.1) is 0 Å². The first-order valence-electron chi connectivity index (χ1n) is 11.3. The molecule has 0 radical (unpaired) electrons. The fraction of sp³-hybridized carbons (Fsp3) is 0.440. The van der Waals surface area contributed by atoms with Gasteiger partial charge >= 0.3 is 0 Å². The molecule has 2 heterocycles. The topological polar surface area (TPSA) is 86.8 Å². The summed E-state index contributed by atoms with van der Waals surface area (Å²) in [6.45, 7) is 6.07. The van der Waals surface area contributed by atoms with E-state index in [0.717, 1.165) is 11.3 Å². The lowest BCUT2D eigenvalue weighted by molar-refractivity contribution is -0.126. The summed E-state index contributed by atoms with van der Waals surface area (Å²) >= 11 is 0. The van der Waals surface area contributed by atoms with Crippen LogP contribution in [0.25, 0.3) is 0 Å². The molecule has 176 valence electrons. The third-order valence-corrected chi connectivity index (χ3v) is 8.75. The summed E-state index contributed by atoms with van der Waals surface area (Å²) in [4.78, 5) is 27.2. The lowest BCUT2D eigenvalue weighted by Gasteiger charge is -2.32. The number of sulfonamides is 1. The van der Waals surface area contributed by atoms with E-state index in [4.69, 9.17) is 0 Å². The Bertz CT molecular complexity index is 1180. The fourth-order valence-electron chi connectivity index (χ4n) is 4.79. The molecule has 7 nitrogen and oxygen atoms in total. The molecule has 2 aromatic carbocycles. The first-order chi connectivity index (χ1) is 15.5. The maximum Gasteiger partial charge on any atom is 0.243 e. The molecule has 8 heteroatoms. The van der Waals surface area contributed by atoms with E-state index in [0.29, 0.717) is 24.9 Å². The number of fused-ring (bicyclic) bond motifs is 1. The molecule has 2 aromatic rings. The minimum Gasteiger partial charge on any atom is -0.349 e. The van der Waals surface area contributed by atoms with Crippen molar-refractivity contribution in [2.75, 3.05) is 25.0 Å². The number of likely N-dealkylation sites (N-methyl/N-ethyl adjacent to an activating group) is 1. The second-order valence-electron chi connectivity index (χ2n) is 9.51. The largest absolute Gasteiger partial charge is 0.349 e. The quantitative estimate of drug-likeness (QED) is 0.729. The van der Waals surface area contributed by atoms with Gasteiger partial charge in [0.15, 0.2) is 0 Å². The van der Waals surface area contributed by atoms with Crippen molar-refractivity contribution in [3.63, 3.8) is 0 Å². The Kier molecular flexibility index (Phi) is 6.09. The standard InChI is InChI=1S/C25H31N3O4S/c1-17(18-9-6-5-7-10-18)26-23(29)19-11-8-14-28(16-19)33(31,32)20-12-13-22-21(15-20)25(2,3)24(30)27(22)4/h5-7,9-10,12-13,15,17,19H,8,11,14,16H2,1-4H3,(H,26,29)/t17-,19+/m0/s1. The van der Waals surface area contributed by atoms with Crippen LogP contribution in [0.1, 0.15) is 50.8 Å². The van der Waals surface area contributed by atoms with Gasteiger partial charge in [-0.25, -0.2) is 8.42 Å². The highest BCUT2D eigenvalue weighted by Gasteiger charge is 2.43. The number of nitrogens with one attached hydrogen (secondary N) is 1. The lowest BCUT2D eigenvalue weighted by atomic mass is 9.86. The van der Waals surface area contributed by atoms with E-state index in [-0.39, 0.29) is 29.3 Å². The Balaban J connectivity index is 1.52. The van der Waals surface area contributed by atoms with E-state index in [1.165, 1.54) is 4.31 Å². The maximum atomic E-state index is 13.5. The van der Waals surface area contributed by atoms with Crippen LogP contribution in [0.2, 0.25) is 0 Å². The third kappa shape index (κ3) is 4.17. The smallest absolute Gasteiger partial charge is 0.243 e. The van der Waals surface area contributed by atoms with Crippen molar-refractivity contribution >= 4 is 27.5 Å². The zero-order valence-electron chi connectivity index (χ0n) is 19.5. The third-order valence-electron chi connectivity index (χ3n) is 6.89. The Labute approximate surface area is 195 Å². The number of benzene rings is 2. The minimum atomic E-state index is -3.79. The molecule has 0 aliphatic carbocycles. The van der Waals surface area contributed by atoms with Crippen molar-refractivity contribution in [2.24, 2.45) is 5.92 Å². The van der Waals surface area contributed by atoms with Crippen molar-refractivity contribution in [1.82, 2.24) is 9.62 Å². The van der Waals surface area contributed by atoms with Crippen LogP contribution in [0, 0.1) is 5.92 Å². The number of carbonyl (C=O) groups excluding carboxylic acids is 2. The first kappa shape index (κ1) is 23.4. The molecule has 0 spiro atoms. The molecule has 1 fully saturated rings. The van der Waals surface area contributed by atoms with E-state index >= 15 is 0 Å². The molecular formula is C25H31N3O4S. The molecule has 0 unspecified atom stereocenters. The van der Waals surface area contributed by atoms with Crippen LogP contribution < -0.4 is 10.2 Å². The molecule has 0 bridgehead atoms. The number of rotatable bonds is 5. The number of amides is 2. The van der Waals surface area contributed by atoms with Crippen LogP contribution in [-0.4, -0.2) is 44.7 Å². The number of nitrogens with zero attached hydrogens (tertiary/aromatic N) is 2. The van der Waals surface area contributed by atoms with Gasteiger partial charge in [-0.2, -0.15) is 4.31 Å². The van der Waals surface area contributed by atoms with Crippen LogP contribution in [0.5, 0.6) is 0 Å². The van der Waals surface area contributed by atoms with Gasteiger partial charge in [-0.05, 0) is 62.9 Å². The predicted molar refractivity (Wildman–Crippen MR) is 127 cm³/mol. The van der Waals surface area contributed by atoms with Gasteiger partial charge in [0, 0.05) is 25.8 Å². The summed E-state index contributed by atoms with van der Waals surface area (Å²) in [6.07, 6.45) is 1.27. The molecule has 2 amide bonds. The van der Waals surface area contributed by atoms with Crippen LogP contribution in [0.3, 0.4) is 0 Å². The van der Waals surface area contributed by atoms with E-state index in [2.05, 4.69) is 5.32 Å². The second kappa shape index (κ2) is 8.57. The van der Waals surface area contributed by atoms with Crippen LogP contribution in [0.4, 0.5) is 5.69 Å². The molecule has 2 aliphatic rings. The van der Waals surface area contributed by atoms with Gasteiger partial charge in [-0.3, -0.25) is 9.59 Å². The van der Waals surface area contributed by atoms with E-state index in [1.807, 2.05) is 51.1 Å². The van der Waals surface area contributed by atoms with Gasteiger partial charge < -0.3 is 10.2 Å². The highest BCUT2D eigenvalue weighted by atomic mass is 32.2. The van der Waals surface area contributed by atoms with Crippen molar-refractivity contribution in [3.8, 4) is 0 Å². The Morgan fingerprint density at radius 2 is 1.85 bits per heavy atom. The molecule has 4 rings (SSSR count). The van der Waals surface area contributed by atoms with Crippen molar-refractivity contribution in [1.29, 1.82) is 0 Å². The summed E-state index contributed by atoms with van der Waals surface area (Å²) in [7, 11) is -2.09. The van der Waals surface area contributed by atoms with Gasteiger partial charge in [0.25, 0.3) is 0 Å². The van der Waals surface area contributed by atoms with Gasteiger partial charge in [0.2, 0.25) is 21.8 Å². The van der Waals surface area contributed by atoms with Crippen molar-refractivity contribution < 1.29 is 18.0 Å². The Hall–Kier alpha value is -2.71. The van der Waals surface area contributed by atoms with Crippen LogP contribution in [0.15, 0.2) is 53.4 Å². The number of hydrogen-bond donors (Lipinski definition) is 1. The van der Waals surface area contributed by atoms with Crippen molar-refractivity contribution in [2.45, 2.75) is 50.0 Å². The fourth-order valence-corrected chi connectivity index (χ4v) is 6.34.